The fourth-order valence-electron chi connectivity index (χ4n) is 2.94. The van der Waals surface area contributed by atoms with Crippen molar-refractivity contribution in [2.24, 2.45) is 16.3 Å². The molecule has 0 heterocycles. The number of hydrogen-bond acceptors (Lipinski definition) is 2. The molecule has 2 nitrogen and oxygen atoms in total. The molecule has 0 aromatic heterocycles. The summed E-state index contributed by atoms with van der Waals surface area (Å²) in [6.07, 6.45) is 7.80. The normalized spacial score (nSPS) is 23.9. The van der Waals surface area contributed by atoms with Crippen molar-refractivity contribution in [1.82, 2.24) is 0 Å². The quantitative estimate of drug-likeness (QED) is 0.587. The zero-order valence-corrected chi connectivity index (χ0v) is 12.8. The summed E-state index contributed by atoms with van der Waals surface area (Å²) < 4.78 is 0. The van der Waals surface area contributed by atoms with E-state index in [4.69, 9.17) is 4.99 Å². The van der Waals surface area contributed by atoms with Crippen molar-refractivity contribution in [2.75, 3.05) is 0 Å². The van der Waals surface area contributed by atoms with Gasteiger partial charge in [0.25, 0.3) is 0 Å². The summed E-state index contributed by atoms with van der Waals surface area (Å²) in [5.74, 6) is 0.834. The Morgan fingerprint density at radius 2 is 1.55 bits per heavy atom. The van der Waals surface area contributed by atoms with Crippen LogP contribution in [0, 0.1) is 11.3 Å². The second kappa shape index (κ2) is 6.34. The van der Waals surface area contributed by atoms with E-state index in [-0.39, 0.29) is 0 Å². The number of hydrogen-bond donors (Lipinski definition) is 0. The molecule has 0 N–H and O–H groups in total. The topological polar surface area (TPSA) is 29.4 Å². The van der Waals surface area contributed by atoms with Gasteiger partial charge in [0.1, 0.15) is 6.29 Å². The van der Waals surface area contributed by atoms with Crippen LogP contribution in [-0.2, 0) is 0 Å². The number of carbonyl (C=O) groups excluding carboxylic acids is 1. The van der Waals surface area contributed by atoms with Crippen LogP contribution in [0.3, 0.4) is 0 Å². The van der Waals surface area contributed by atoms with Crippen LogP contribution in [0.15, 0.2) is 29.3 Å². The third-order valence-electron chi connectivity index (χ3n) is 4.43. The summed E-state index contributed by atoms with van der Waals surface area (Å²) in [4.78, 5) is 15.3. The molecule has 1 aliphatic carbocycles. The molecule has 0 amide bonds. The fourth-order valence-corrected chi connectivity index (χ4v) is 2.94. The summed E-state index contributed by atoms with van der Waals surface area (Å²) in [5.41, 5.74) is 2.22. The third-order valence-corrected chi connectivity index (χ3v) is 4.43. The van der Waals surface area contributed by atoms with Gasteiger partial charge in [0.15, 0.2) is 0 Å². The molecule has 0 aliphatic heterocycles. The Labute approximate surface area is 122 Å². The minimum atomic E-state index is 0.430. The van der Waals surface area contributed by atoms with E-state index in [1.165, 1.54) is 25.7 Å². The maximum atomic E-state index is 10.6. The van der Waals surface area contributed by atoms with Crippen molar-refractivity contribution in [2.45, 2.75) is 52.5 Å². The first-order valence-corrected chi connectivity index (χ1v) is 7.57. The lowest BCUT2D eigenvalue weighted by atomic mass is 9.71. The van der Waals surface area contributed by atoms with Crippen molar-refractivity contribution < 1.29 is 4.79 Å². The number of benzene rings is 1. The predicted molar refractivity (Wildman–Crippen MR) is 84.6 cm³/mol. The molecule has 1 aromatic rings. The van der Waals surface area contributed by atoms with E-state index >= 15 is 0 Å². The molecular weight excluding hydrogens is 246 g/mol. The van der Waals surface area contributed by atoms with E-state index < -0.39 is 0 Å². The van der Waals surface area contributed by atoms with Gasteiger partial charge in [-0.05, 0) is 42.6 Å². The zero-order chi connectivity index (χ0) is 14.6. The second-order valence-electron chi connectivity index (χ2n) is 6.93. The van der Waals surface area contributed by atoms with Gasteiger partial charge in [0, 0.05) is 17.8 Å². The Bertz CT molecular complexity index is 459. The lowest BCUT2D eigenvalue weighted by molar-refractivity contribution is 0.112. The molecular formula is C18H25NO. The van der Waals surface area contributed by atoms with Crippen LogP contribution in [-0.4, -0.2) is 18.5 Å². The maximum Gasteiger partial charge on any atom is 0.150 e. The number of rotatable bonds is 3. The molecule has 2 rings (SSSR count). The molecule has 0 spiro atoms. The Balaban J connectivity index is 1.88. The van der Waals surface area contributed by atoms with Crippen molar-refractivity contribution in [3.63, 3.8) is 0 Å². The Kier molecular flexibility index (Phi) is 4.74. The highest BCUT2D eigenvalue weighted by molar-refractivity contribution is 5.82. The first-order chi connectivity index (χ1) is 9.49. The molecule has 0 atom stereocenters. The predicted octanol–water partition coefficient (Wildman–Crippen LogP) is 4.52. The van der Waals surface area contributed by atoms with Gasteiger partial charge in [-0.3, -0.25) is 9.79 Å². The van der Waals surface area contributed by atoms with E-state index in [0.29, 0.717) is 17.0 Å². The lowest BCUT2D eigenvalue weighted by Crippen LogP contribution is -2.27. The van der Waals surface area contributed by atoms with E-state index in [2.05, 4.69) is 20.8 Å². The summed E-state index contributed by atoms with van der Waals surface area (Å²) in [7, 11) is 0. The SMILES string of the molecule is CC(C)(C)C1CCC(N=Cc2ccc(C=O)cc2)CC1. The summed E-state index contributed by atoms with van der Waals surface area (Å²) in [5, 5.41) is 0. The van der Waals surface area contributed by atoms with Crippen molar-refractivity contribution in [3.05, 3.63) is 35.4 Å². The summed E-state index contributed by atoms with van der Waals surface area (Å²) >= 11 is 0. The van der Waals surface area contributed by atoms with Crippen molar-refractivity contribution in [1.29, 1.82) is 0 Å². The molecule has 20 heavy (non-hydrogen) atoms. The highest BCUT2D eigenvalue weighted by atomic mass is 16.1. The van der Waals surface area contributed by atoms with Crippen molar-refractivity contribution >= 4 is 12.5 Å². The van der Waals surface area contributed by atoms with Gasteiger partial charge in [0.2, 0.25) is 0 Å². The van der Waals surface area contributed by atoms with Gasteiger partial charge >= 0.3 is 0 Å². The average Bonchev–Trinajstić information content (AvgIpc) is 2.45. The number of nitrogens with zero attached hydrogens (tertiary/aromatic N) is 1. The van der Waals surface area contributed by atoms with Crippen LogP contribution in [0.2, 0.25) is 0 Å². The molecule has 1 fully saturated rings. The minimum Gasteiger partial charge on any atom is -0.298 e. The molecule has 0 saturated heterocycles. The lowest BCUT2D eigenvalue weighted by Gasteiger charge is -2.35. The van der Waals surface area contributed by atoms with E-state index in [1.807, 2.05) is 30.5 Å². The van der Waals surface area contributed by atoms with Crippen LogP contribution >= 0.6 is 0 Å². The average molecular weight is 271 g/mol. The number of carbonyl (C=O) groups is 1. The van der Waals surface area contributed by atoms with Gasteiger partial charge in [-0.1, -0.05) is 45.0 Å². The molecule has 0 unspecified atom stereocenters. The molecule has 1 aromatic carbocycles. The van der Waals surface area contributed by atoms with Gasteiger partial charge < -0.3 is 0 Å². The van der Waals surface area contributed by atoms with E-state index in [0.717, 1.165) is 17.8 Å². The maximum absolute atomic E-state index is 10.6. The van der Waals surface area contributed by atoms with Crippen LogP contribution < -0.4 is 0 Å². The van der Waals surface area contributed by atoms with E-state index in [9.17, 15) is 4.79 Å². The Morgan fingerprint density at radius 3 is 2.05 bits per heavy atom. The fraction of sp³-hybridized carbons (Fsp3) is 0.556. The highest BCUT2D eigenvalue weighted by Gasteiger charge is 2.29. The number of aldehydes is 1. The van der Waals surface area contributed by atoms with Crippen LogP contribution in [0.25, 0.3) is 0 Å². The van der Waals surface area contributed by atoms with Crippen molar-refractivity contribution in [3.8, 4) is 0 Å². The molecule has 0 radical (unpaired) electrons. The molecule has 1 saturated carbocycles. The van der Waals surface area contributed by atoms with Gasteiger partial charge in [-0.25, -0.2) is 0 Å². The minimum absolute atomic E-state index is 0.430. The first kappa shape index (κ1) is 15.0. The standard InChI is InChI=1S/C18H25NO/c1-18(2,3)16-8-10-17(11-9-16)19-12-14-4-6-15(13-20)7-5-14/h4-7,12-13,16-17H,8-11H2,1-3H3. The molecule has 0 bridgehead atoms. The molecule has 1 aliphatic rings. The zero-order valence-electron chi connectivity index (χ0n) is 12.8. The monoisotopic (exact) mass is 271 g/mol. The Morgan fingerprint density at radius 1 is 1.00 bits per heavy atom. The van der Waals surface area contributed by atoms with Gasteiger partial charge in [0.05, 0.1) is 0 Å². The molecule has 2 heteroatoms. The first-order valence-electron chi connectivity index (χ1n) is 7.57. The van der Waals surface area contributed by atoms with E-state index in [1.54, 1.807) is 0 Å². The van der Waals surface area contributed by atoms with Crippen LogP contribution in [0.1, 0.15) is 62.4 Å². The van der Waals surface area contributed by atoms with Gasteiger partial charge in [-0.2, -0.15) is 0 Å². The third kappa shape index (κ3) is 4.03. The van der Waals surface area contributed by atoms with Gasteiger partial charge in [-0.15, -0.1) is 0 Å². The number of aliphatic imine (C=N–C) groups is 1. The summed E-state index contributed by atoms with van der Waals surface area (Å²) in [6.45, 7) is 7.03. The molecule has 108 valence electrons. The Hall–Kier alpha value is -1.44. The highest BCUT2D eigenvalue weighted by Crippen LogP contribution is 2.38. The summed E-state index contributed by atoms with van der Waals surface area (Å²) in [6, 6.07) is 8.05. The van der Waals surface area contributed by atoms with Crippen LogP contribution in [0.5, 0.6) is 0 Å². The smallest absolute Gasteiger partial charge is 0.150 e. The van der Waals surface area contributed by atoms with Crippen LogP contribution in [0.4, 0.5) is 0 Å². The largest absolute Gasteiger partial charge is 0.298 e. The second-order valence-corrected chi connectivity index (χ2v) is 6.93.